The van der Waals surface area contributed by atoms with Crippen LogP contribution in [0.3, 0.4) is 0 Å². The molecule has 0 unspecified atom stereocenters. The molecule has 0 saturated carbocycles. The van der Waals surface area contributed by atoms with Gasteiger partial charge in [-0.05, 0) is 87.7 Å². The summed E-state index contributed by atoms with van der Waals surface area (Å²) in [5.41, 5.74) is 2.92. The van der Waals surface area contributed by atoms with E-state index < -0.39 is 0 Å². The minimum absolute atomic E-state index is 0.911. The predicted molar refractivity (Wildman–Crippen MR) is 164 cm³/mol. The van der Waals surface area contributed by atoms with E-state index in [-0.39, 0.29) is 0 Å². The van der Waals surface area contributed by atoms with Crippen LogP contribution in [0.2, 0.25) is 0 Å². The largest absolute Gasteiger partial charge is 0.372 e. The molecule has 2 aromatic carbocycles. The third-order valence-electron chi connectivity index (χ3n) is 8.60. The van der Waals surface area contributed by atoms with Crippen LogP contribution in [0.15, 0.2) is 60.7 Å². The second kappa shape index (κ2) is 18.5. The first kappa shape index (κ1) is 29.8. The fourth-order valence-electron chi connectivity index (χ4n) is 6.10. The Morgan fingerprint density at radius 2 is 1.16 bits per heavy atom. The van der Waals surface area contributed by atoms with Gasteiger partial charge in [0.1, 0.15) is 0 Å². The normalized spacial score (nSPS) is 17.4. The maximum Gasteiger partial charge on any atom is 0.0366 e. The van der Waals surface area contributed by atoms with Crippen molar-refractivity contribution in [2.24, 2.45) is 11.8 Å². The Hall–Kier alpha value is -1.80. The van der Waals surface area contributed by atoms with Gasteiger partial charge in [0, 0.05) is 18.8 Å². The Balaban J connectivity index is 0.000000206. The van der Waals surface area contributed by atoms with Crippen LogP contribution in [0.4, 0.5) is 5.69 Å². The highest BCUT2D eigenvalue weighted by Gasteiger charge is 2.19. The van der Waals surface area contributed by atoms with Crippen LogP contribution in [0.1, 0.15) is 103 Å². The average Bonchev–Trinajstić information content (AvgIpc) is 2.96. The van der Waals surface area contributed by atoms with Crippen LogP contribution < -0.4 is 4.90 Å². The predicted octanol–water partition coefficient (Wildman–Crippen LogP) is 9.39. The zero-order valence-electron chi connectivity index (χ0n) is 24.3. The molecule has 206 valence electrons. The third-order valence-corrected chi connectivity index (χ3v) is 8.60. The monoisotopic (exact) mass is 504 g/mol. The summed E-state index contributed by atoms with van der Waals surface area (Å²) in [5.74, 6) is 1.90. The van der Waals surface area contributed by atoms with E-state index in [2.05, 4.69) is 84.3 Å². The van der Waals surface area contributed by atoms with Gasteiger partial charge in [0.15, 0.2) is 0 Å². The average molecular weight is 505 g/mol. The van der Waals surface area contributed by atoms with E-state index >= 15 is 0 Å². The minimum Gasteiger partial charge on any atom is -0.372 e. The van der Waals surface area contributed by atoms with E-state index in [9.17, 15) is 0 Å². The summed E-state index contributed by atoms with van der Waals surface area (Å²) in [6.07, 6.45) is 19.5. The molecule has 0 bridgehead atoms. The smallest absolute Gasteiger partial charge is 0.0366 e. The number of hydrogen-bond donors (Lipinski definition) is 0. The topological polar surface area (TPSA) is 6.48 Å². The number of para-hydroxylation sites is 1. The lowest BCUT2D eigenvalue weighted by Crippen LogP contribution is -2.35. The number of nitrogens with zero attached hydrogens (tertiary/aromatic N) is 2. The van der Waals surface area contributed by atoms with Gasteiger partial charge in [0.25, 0.3) is 0 Å². The van der Waals surface area contributed by atoms with E-state index in [1.54, 1.807) is 0 Å². The highest BCUT2D eigenvalue weighted by Crippen LogP contribution is 2.26. The van der Waals surface area contributed by atoms with E-state index in [1.165, 1.54) is 134 Å². The van der Waals surface area contributed by atoms with E-state index in [0.717, 1.165) is 11.8 Å². The van der Waals surface area contributed by atoms with Crippen molar-refractivity contribution in [3.8, 4) is 0 Å². The molecule has 37 heavy (non-hydrogen) atoms. The van der Waals surface area contributed by atoms with Crippen molar-refractivity contribution in [3.05, 3.63) is 66.2 Å². The lowest BCUT2D eigenvalue weighted by molar-refractivity contribution is 0.181. The number of rotatable bonds is 13. The van der Waals surface area contributed by atoms with Gasteiger partial charge in [0.05, 0.1) is 0 Å². The van der Waals surface area contributed by atoms with E-state index in [0.29, 0.717) is 0 Å². The quantitative estimate of drug-likeness (QED) is 0.251. The van der Waals surface area contributed by atoms with Crippen molar-refractivity contribution in [1.29, 1.82) is 0 Å². The first-order valence-electron chi connectivity index (χ1n) is 15.8. The van der Waals surface area contributed by atoms with Crippen molar-refractivity contribution < 1.29 is 0 Å². The Bertz CT molecular complexity index is 773. The molecule has 0 aromatic heterocycles. The van der Waals surface area contributed by atoms with Gasteiger partial charge in [-0.25, -0.2) is 0 Å². The molecular weight excluding hydrogens is 448 g/mol. The van der Waals surface area contributed by atoms with Crippen LogP contribution in [0, 0.1) is 11.8 Å². The van der Waals surface area contributed by atoms with Gasteiger partial charge in [-0.3, -0.25) is 0 Å². The lowest BCUT2D eigenvalue weighted by Gasteiger charge is -2.33. The molecule has 0 atom stereocenters. The lowest BCUT2D eigenvalue weighted by atomic mass is 9.90. The van der Waals surface area contributed by atoms with Crippen molar-refractivity contribution >= 4 is 5.69 Å². The Morgan fingerprint density at radius 1 is 0.595 bits per heavy atom. The van der Waals surface area contributed by atoms with Gasteiger partial charge < -0.3 is 9.80 Å². The van der Waals surface area contributed by atoms with Crippen molar-refractivity contribution in [3.63, 3.8) is 0 Å². The molecule has 0 amide bonds. The molecule has 4 rings (SSSR count). The summed E-state index contributed by atoms with van der Waals surface area (Å²) in [7, 11) is 0. The van der Waals surface area contributed by atoms with Crippen LogP contribution in [-0.2, 0) is 6.42 Å². The molecule has 2 heteroatoms. The van der Waals surface area contributed by atoms with Crippen molar-refractivity contribution in [1.82, 2.24) is 4.90 Å². The molecule has 0 N–H and O–H groups in total. The number of benzene rings is 2. The molecule has 0 radical (unpaired) electrons. The highest BCUT2D eigenvalue weighted by molar-refractivity contribution is 5.46. The number of likely N-dealkylation sites (tertiary alicyclic amines) is 1. The molecule has 2 nitrogen and oxygen atoms in total. The van der Waals surface area contributed by atoms with Crippen LogP contribution >= 0.6 is 0 Å². The third kappa shape index (κ3) is 12.1. The molecule has 2 aliphatic heterocycles. The summed E-state index contributed by atoms with van der Waals surface area (Å²) < 4.78 is 0. The molecule has 2 aromatic rings. The maximum atomic E-state index is 2.68. The second-order valence-corrected chi connectivity index (χ2v) is 11.7. The molecule has 2 aliphatic rings. The number of unbranched alkanes of at least 4 members (excludes halogenated alkanes) is 6. The zero-order valence-corrected chi connectivity index (χ0v) is 24.3. The van der Waals surface area contributed by atoms with Gasteiger partial charge in [-0.15, -0.1) is 0 Å². The SMILES string of the molecule is CCCCCCC1CCN(c2ccccc2)CC1.CCCCCCN1CCC(Cc2ccccc2)CC1. The number of piperidine rings is 2. The van der Waals surface area contributed by atoms with Gasteiger partial charge in [-0.1, -0.05) is 114 Å². The van der Waals surface area contributed by atoms with Crippen LogP contribution in [-0.4, -0.2) is 37.6 Å². The minimum atomic E-state index is 0.911. The van der Waals surface area contributed by atoms with E-state index in [4.69, 9.17) is 0 Å². The van der Waals surface area contributed by atoms with Crippen LogP contribution in [0.25, 0.3) is 0 Å². The summed E-state index contributed by atoms with van der Waals surface area (Å²) in [5, 5.41) is 0. The molecule has 0 spiro atoms. The molecule has 2 heterocycles. The second-order valence-electron chi connectivity index (χ2n) is 11.7. The summed E-state index contributed by atoms with van der Waals surface area (Å²) in [6.45, 7) is 11.1. The summed E-state index contributed by atoms with van der Waals surface area (Å²) >= 11 is 0. The fraction of sp³-hybridized carbons (Fsp3) is 0.657. The van der Waals surface area contributed by atoms with E-state index in [1.807, 2.05) is 0 Å². The Kier molecular flexibility index (Phi) is 14.8. The Morgan fingerprint density at radius 3 is 1.78 bits per heavy atom. The van der Waals surface area contributed by atoms with Gasteiger partial charge in [-0.2, -0.15) is 0 Å². The first-order chi connectivity index (χ1) is 18.3. The van der Waals surface area contributed by atoms with Crippen LogP contribution in [0.5, 0.6) is 0 Å². The Labute approximate surface area is 229 Å². The molecule has 0 aliphatic carbocycles. The van der Waals surface area contributed by atoms with Gasteiger partial charge in [0.2, 0.25) is 0 Å². The number of hydrogen-bond acceptors (Lipinski definition) is 2. The number of anilines is 1. The standard InChI is InChI=1S/C18H29N.C17H27N/c1-2-3-4-8-13-19-14-11-18(12-15-19)16-17-9-6-5-7-10-17;1-2-3-4-6-9-16-12-14-18(15-13-16)17-10-7-5-8-11-17/h5-7,9-10,18H,2-4,8,11-16H2,1H3;5,7-8,10-11,16H,2-4,6,9,12-15H2,1H3. The summed E-state index contributed by atoms with van der Waals surface area (Å²) in [4.78, 5) is 5.22. The first-order valence-corrected chi connectivity index (χ1v) is 15.8. The maximum absolute atomic E-state index is 2.68. The molecule has 2 saturated heterocycles. The summed E-state index contributed by atoms with van der Waals surface area (Å²) in [6, 6.07) is 21.9. The van der Waals surface area contributed by atoms with Gasteiger partial charge >= 0.3 is 0 Å². The zero-order chi connectivity index (χ0) is 26.0. The van der Waals surface area contributed by atoms with Crippen molar-refractivity contribution in [2.75, 3.05) is 37.6 Å². The fourth-order valence-corrected chi connectivity index (χ4v) is 6.10. The van der Waals surface area contributed by atoms with Crippen molar-refractivity contribution in [2.45, 2.75) is 104 Å². The molecule has 2 fully saturated rings. The highest BCUT2D eigenvalue weighted by atomic mass is 15.1. The molecular formula is C35H56N2.